The van der Waals surface area contributed by atoms with Gasteiger partial charge in [-0.1, -0.05) is 6.08 Å². The van der Waals surface area contributed by atoms with Crippen LogP contribution in [0.3, 0.4) is 0 Å². The maximum Gasteiger partial charge on any atom is 0.266 e. The molecule has 2 aromatic carbocycles. The van der Waals surface area contributed by atoms with E-state index in [2.05, 4.69) is 11.9 Å². The van der Waals surface area contributed by atoms with Crippen LogP contribution in [0.1, 0.15) is 25.0 Å². The van der Waals surface area contributed by atoms with Gasteiger partial charge >= 0.3 is 0 Å². The van der Waals surface area contributed by atoms with Gasteiger partial charge in [0.25, 0.3) is 5.91 Å². The van der Waals surface area contributed by atoms with E-state index in [1.807, 2.05) is 26.0 Å². The lowest BCUT2D eigenvalue weighted by molar-refractivity contribution is -0.112. The first-order chi connectivity index (χ1) is 14.6. The van der Waals surface area contributed by atoms with E-state index in [1.54, 1.807) is 43.5 Å². The highest BCUT2D eigenvalue weighted by Crippen LogP contribution is 2.34. The third kappa shape index (κ3) is 5.89. The Morgan fingerprint density at radius 1 is 1.17 bits per heavy atom. The van der Waals surface area contributed by atoms with Gasteiger partial charge < -0.3 is 19.5 Å². The zero-order chi connectivity index (χ0) is 21.9. The molecule has 0 saturated heterocycles. The highest BCUT2D eigenvalue weighted by molar-refractivity contribution is 6.09. The van der Waals surface area contributed by atoms with Gasteiger partial charge in [0.05, 0.1) is 20.3 Å². The SMILES string of the molecule is C=CCc1cc(/C=C(\C#N)C(=O)Nc2ccc(OC)cc2)cc(OCC)c1OCC. The summed E-state index contributed by atoms with van der Waals surface area (Å²) < 4.78 is 16.6. The van der Waals surface area contributed by atoms with Crippen LogP contribution in [0.25, 0.3) is 6.08 Å². The van der Waals surface area contributed by atoms with Gasteiger partial charge in [0.1, 0.15) is 17.4 Å². The van der Waals surface area contributed by atoms with E-state index < -0.39 is 5.91 Å². The average molecular weight is 406 g/mol. The van der Waals surface area contributed by atoms with Crippen LogP contribution in [0, 0.1) is 11.3 Å². The number of rotatable bonds is 10. The molecule has 156 valence electrons. The van der Waals surface area contributed by atoms with Crippen LogP contribution < -0.4 is 19.5 Å². The first-order valence-corrected chi connectivity index (χ1v) is 9.66. The number of allylic oxidation sites excluding steroid dienone is 1. The minimum absolute atomic E-state index is 0.0259. The van der Waals surface area contributed by atoms with Crippen molar-refractivity contribution in [1.29, 1.82) is 5.26 Å². The molecule has 0 spiro atoms. The first kappa shape index (κ1) is 22.6. The molecule has 1 N–H and O–H groups in total. The molecule has 1 amide bonds. The van der Waals surface area contributed by atoms with Crippen molar-refractivity contribution >= 4 is 17.7 Å². The molecule has 0 saturated carbocycles. The summed E-state index contributed by atoms with van der Waals surface area (Å²) in [6.07, 6.45) is 3.86. The molecular weight excluding hydrogens is 380 g/mol. The van der Waals surface area contributed by atoms with Crippen LogP contribution in [0.2, 0.25) is 0 Å². The highest BCUT2D eigenvalue weighted by Gasteiger charge is 2.15. The number of amides is 1. The zero-order valence-electron chi connectivity index (χ0n) is 17.5. The monoisotopic (exact) mass is 406 g/mol. The maximum absolute atomic E-state index is 12.6. The molecule has 6 nitrogen and oxygen atoms in total. The normalized spacial score (nSPS) is 10.7. The number of anilines is 1. The largest absolute Gasteiger partial charge is 0.497 e. The van der Waals surface area contributed by atoms with Gasteiger partial charge in [-0.25, -0.2) is 0 Å². The number of ether oxygens (including phenoxy) is 3. The number of benzene rings is 2. The fourth-order valence-electron chi connectivity index (χ4n) is 2.83. The predicted molar refractivity (Wildman–Crippen MR) is 118 cm³/mol. The van der Waals surface area contributed by atoms with Crippen LogP contribution in [0.4, 0.5) is 5.69 Å². The van der Waals surface area contributed by atoms with Gasteiger partial charge in [0, 0.05) is 11.3 Å². The molecule has 0 unspecified atom stereocenters. The number of nitriles is 1. The maximum atomic E-state index is 12.6. The minimum Gasteiger partial charge on any atom is -0.497 e. The number of hydrogen-bond donors (Lipinski definition) is 1. The van der Waals surface area contributed by atoms with E-state index in [0.29, 0.717) is 48.1 Å². The standard InChI is InChI=1S/C24H26N2O4/c1-5-8-18-13-17(15-22(29-6-2)23(18)30-7-3)14-19(16-25)24(27)26-20-9-11-21(28-4)12-10-20/h5,9-15H,1,6-8H2,2-4H3,(H,26,27)/b19-14+. The van der Waals surface area contributed by atoms with Gasteiger partial charge in [-0.3, -0.25) is 4.79 Å². The summed E-state index contributed by atoms with van der Waals surface area (Å²) >= 11 is 0. The van der Waals surface area contributed by atoms with E-state index in [4.69, 9.17) is 14.2 Å². The van der Waals surface area contributed by atoms with Gasteiger partial charge in [-0.15, -0.1) is 6.58 Å². The van der Waals surface area contributed by atoms with Gasteiger partial charge in [0.2, 0.25) is 0 Å². The molecule has 0 aliphatic rings. The topological polar surface area (TPSA) is 80.6 Å². The molecule has 0 atom stereocenters. The number of methoxy groups -OCH3 is 1. The Labute approximate surface area is 177 Å². The third-order valence-electron chi connectivity index (χ3n) is 4.13. The van der Waals surface area contributed by atoms with Crippen molar-refractivity contribution in [3.05, 3.63) is 65.8 Å². The molecule has 0 aliphatic heterocycles. The van der Waals surface area contributed by atoms with Crippen LogP contribution in [-0.2, 0) is 11.2 Å². The molecule has 0 aliphatic carbocycles. The highest BCUT2D eigenvalue weighted by atomic mass is 16.5. The van der Waals surface area contributed by atoms with E-state index >= 15 is 0 Å². The van der Waals surface area contributed by atoms with Crippen molar-refractivity contribution in [2.45, 2.75) is 20.3 Å². The fraction of sp³-hybridized carbons (Fsp3) is 0.250. The summed E-state index contributed by atoms with van der Waals surface area (Å²) in [5.41, 5.74) is 2.08. The molecule has 0 heterocycles. The summed E-state index contributed by atoms with van der Waals surface area (Å²) in [5, 5.41) is 12.2. The minimum atomic E-state index is -0.500. The lowest BCUT2D eigenvalue weighted by Crippen LogP contribution is -2.13. The smallest absolute Gasteiger partial charge is 0.266 e. The van der Waals surface area contributed by atoms with Crippen LogP contribution in [-0.4, -0.2) is 26.2 Å². The van der Waals surface area contributed by atoms with Crippen molar-refractivity contribution < 1.29 is 19.0 Å². The van der Waals surface area contributed by atoms with E-state index in [-0.39, 0.29) is 5.57 Å². The number of carbonyl (C=O) groups is 1. The Hall–Kier alpha value is -3.72. The van der Waals surface area contributed by atoms with E-state index in [1.165, 1.54) is 6.08 Å². The van der Waals surface area contributed by atoms with Crippen LogP contribution in [0.15, 0.2) is 54.6 Å². The second-order valence-electron chi connectivity index (χ2n) is 6.22. The van der Waals surface area contributed by atoms with Gasteiger partial charge in [0.15, 0.2) is 11.5 Å². The summed E-state index contributed by atoms with van der Waals surface area (Å²) in [7, 11) is 1.57. The number of nitrogens with zero attached hydrogens (tertiary/aromatic N) is 1. The molecule has 0 aromatic heterocycles. The van der Waals surface area contributed by atoms with Crippen molar-refractivity contribution in [3.8, 4) is 23.3 Å². The molecule has 2 aromatic rings. The molecule has 30 heavy (non-hydrogen) atoms. The number of hydrogen-bond acceptors (Lipinski definition) is 5. The Bertz CT molecular complexity index is 956. The summed E-state index contributed by atoms with van der Waals surface area (Å²) in [6, 6.07) is 12.5. The quantitative estimate of drug-likeness (QED) is 0.349. The van der Waals surface area contributed by atoms with Crippen molar-refractivity contribution in [2.75, 3.05) is 25.6 Å². The number of nitrogens with one attached hydrogen (secondary N) is 1. The van der Waals surface area contributed by atoms with Crippen molar-refractivity contribution in [3.63, 3.8) is 0 Å². The number of carbonyl (C=O) groups excluding carboxylic acids is 1. The zero-order valence-corrected chi connectivity index (χ0v) is 17.5. The lowest BCUT2D eigenvalue weighted by Gasteiger charge is -2.16. The van der Waals surface area contributed by atoms with Gasteiger partial charge in [-0.05, 0) is 68.3 Å². The second kappa shape index (κ2) is 11.3. The molecule has 0 bridgehead atoms. The van der Waals surface area contributed by atoms with E-state index in [0.717, 1.165) is 5.56 Å². The van der Waals surface area contributed by atoms with E-state index in [9.17, 15) is 10.1 Å². The first-order valence-electron chi connectivity index (χ1n) is 9.66. The fourth-order valence-corrected chi connectivity index (χ4v) is 2.83. The Morgan fingerprint density at radius 3 is 2.43 bits per heavy atom. The summed E-state index contributed by atoms with van der Waals surface area (Å²) in [4.78, 5) is 12.6. The van der Waals surface area contributed by atoms with Crippen LogP contribution >= 0.6 is 0 Å². The Morgan fingerprint density at radius 2 is 1.87 bits per heavy atom. The van der Waals surface area contributed by atoms with Gasteiger partial charge in [-0.2, -0.15) is 5.26 Å². The summed E-state index contributed by atoms with van der Waals surface area (Å²) in [6.45, 7) is 8.53. The molecule has 2 rings (SSSR count). The van der Waals surface area contributed by atoms with Crippen LogP contribution in [0.5, 0.6) is 17.2 Å². The Balaban J connectivity index is 2.37. The third-order valence-corrected chi connectivity index (χ3v) is 4.13. The lowest BCUT2D eigenvalue weighted by atomic mass is 10.0. The average Bonchev–Trinajstić information content (AvgIpc) is 2.75. The predicted octanol–water partition coefficient (Wildman–Crippen LogP) is 4.77. The molecule has 0 radical (unpaired) electrons. The summed E-state index contributed by atoms with van der Waals surface area (Å²) in [5.74, 6) is 1.40. The van der Waals surface area contributed by atoms with Crippen molar-refractivity contribution in [2.24, 2.45) is 0 Å². The molecule has 0 fully saturated rings. The van der Waals surface area contributed by atoms with Crippen molar-refractivity contribution in [1.82, 2.24) is 0 Å². The molecular formula is C24H26N2O4. The Kier molecular flexibility index (Phi) is 8.52. The molecule has 6 heteroatoms. The second-order valence-corrected chi connectivity index (χ2v) is 6.22.